The van der Waals surface area contributed by atoms with E-state index in [1.165, 1.54) is 17.4 Å². The lowest BCUT2D eigenvalue weighted by Crippen LogP contribution is -2.57. The zero-order valence-corrected chi connectivity index (χ0v) is 32.1. The summed E-state index contributed by atoms with van der Waals surface area (Å²) in [5, 5.41) is 30.3. The minimum absolute atomic E-state index is 0.0259. The zero-order chi connectivity index (χ0) is 38.2. The summed E-state index contributed by atoms with van der Waals surface area (Å²) in [5.74, 6) is -1.24. The quantitative estimate of drug-likeness (QED) is 0.145. The lowest BCUT2D eigenvalue weighted by molar-refractivity contribution is -0.128. The molecule has 284 valence electrons. The Hall–Kier alpha value is -4.25. The van der Waals surface area contributed by atoms with Crippen LogP contribution in [0.2, 0.25) is 0 Å². The van der Waals surface area contributed by atoms with Crippen LogP contribution in [0.3, 0.4) is 0 Å². The number of phenolic OH excluding ortho intramolecular Hbond substituents is 1. The zero-order valence-electron chi connectivity index (χ0n) is 30.5. The predicted octanol–water partition coefficient (Wildman–Crippen LogP) is 4.42. The maximum absolute atomic E-state index is 14.1. The van der Waals surface area contributed by atoms with Crippen molar-refractivity contribution in [3.8, 4) is 5.75 Å². The van der Waals surface area contributed by atoms with E-state index in [2.05, 4.69) is 15.6 Å². The standard InChI is InChI=1S/C36H50N6O8S2/c1-7-50-35(46)39-30-18-28(13-14-31(30)43)52(48,49)41(19-23(2)3)21-32(44)29(17-26-11-9-8-10-12-26)38-34(45)33(24(4)5)42-16-15-40(36(42)47)20-27-22-51-25(6)37-27/h8-14,18,22-24,29,32-33,43-44H,7,15-17,19-21H2,1-6H3,(H,38,45)(H,39,46)/t29-,32+,33-/m0/s1. The maximum Gasteiger partial charge on any atom is 0.411 e. The number of aromatic hydroxyl groups is 1. The Morgan fingerprint density at radius 1 is 1.08 bits per heavy atom. The van der Waals surface area contributed by atoms with Gasteiger partial charge in [0.2, 0.25) is 15.9 Å². The van der Waals surface area contributed by atoms with Gasteiger partial charge >= 0.3 is 12.1 Å². The van der Waals surface area contributed by atoms with E-state index in [4.69, 9.17) is 4.74 Å². The van der Waals surface area contributed by atoms with Gasteiger partial charge in [0.15, 0.2) is 0 Å². The first-order chi connectivity index (χ1) is 24.6. The average Bonchev–Trinajstić information content (AvgIpc) is 3.65. The topological polar surface area (TPSA) is 182 Å². The molecule has 1 aliphatic heterocycles. The number of anilines is 1. The first kappa shape index (κ1) is 40.5. The minimum atomic E-state index is -4.30. The normalized spacial score (nSPS) is 15.3. The number of carbonyl (C=O) groups is 3. The van der Waals surface area contributed by atoms with Gasteiger partial charge < -0.3 is 30.1 Å². The molecule has 1 fully saturated rings. The largest absolute Gasteiger partial charge is 0.506 e. The van der Waals surface area contributed by atoms with Crippen LogP contribution < -0.4 is 10.6 Å². The lowest BCUT2D eigenvalue weighted by atomic mass is 9.97. The molecule has 2 aromatic carbocycles. The number of aliphatic hydroxyl groups is 1. The van der Waals surface area contributed by atoms with E-state index in [1.54, 1.807) is 16.7 Å². The summed E-state index contributed by atoms with van der Waals surface area (Å²) in [7, 11) is -4.30. The van der Waals surface area contributed by atoms with Gasteiger partial charge in [0.25, 0.3) is 0 Å². The van der Waals surface area contributed by atoms with E-state index in [-0.39, 0.29) is 60.3 Å². The van der Waals surface area contributed by atoms with Crippen molar-refractivity contribution in [1.82, 2.24) is 24.4 Å². The van der Waals surface area contributed by atoms with Crippen molar-refractivity contribution in [3.63, 3.8) is 0 Å². The van der Waals surface area contributed by atoms with Crippen LogP contribution >= 0.6 is 11.3 Å². The van der Waals surface area contributed by atoms with Gasteiger partial charge in [-0.2, -0.15) is 4.31 Å². The number of phenols is 1. The Morgan fingerprint density at radius 3 is 2.40 bits per heavy atom. The highest BCUT2D eigenvalue weighted by atomic mass is 32.2. The van der Waals surface area contributed by atoms with Crippen molar-refractivity contribution in [3.05, 3.63) is 70.2 Å². The molecule has 3 aromatic rings. The van der Waals surface area contributed by atoms with Gasteiger partial charge in [-0.1, -0.05) is 58.0 Å². The second-order valence-corrected chi connectivity index (χ2v) is 16.6. The highest BCUT2D eigenvalue weighted by molar-refractivity contribution is 7.89. The number of urea groups is 1. The van der Waals surface area contributed by atoms with E-state index in [1.807, 2.05) is 70.3 Å². The Morgan fingerprint density at radius 2 is 1.79 bits per heavy atom. The van der Waals surface area contributed by atoms with Crippen molar-refractivity contribution in [2.45, 2.75) is 77.6 Å². The average molecular weight is 759 g/mol. The molecule has 4 rings (SSSR count). The summed E-state index contributed by atoms with van der Waals surface area (Å²) in [6.07, 6.45) is -2.05. The molecule has 0 unspecified atom stereocenters. The molecule has 52 heavy (non-hydrogen) atoms. The number of nitrogens with one attached hydrogen (secondary N) is 2. The smallest absolute Gasteiger partial charge is 0.411 e. The molecule has 3 atom stereocenters. The van der Waals surface area contributed by atoms with Gasteiger partial charge in [0, 0.05) is 31.6 Å². The number of ether oxygens (including phenoxy) is 1. The Bertz CT molecular complexity index is 1790. The third-order valence-corrected chi connectivity index (χ3v) is 11.2. The summed E-state index contributed by atoms with van der Waals surface area (Å²) < 4.78 is 34.2. The number of rotatable bonds is 17. The van der Waals surface area contributed by atoms with Crippen molar-refractivity contribution < 1.29 is 37.8 Å². The minimum Gasteiger partial charge on any atom is -0.506 e. The molecule has 0 radical (unpaired) electrons. The van der Waals surface area contributed by atoms with E-state index in [0.717, 1.165) is 32.7 Å². The van der Waals surface area contributed by atoms with Crippen LogP contribution in [0.1, 0.15) is 50.9 Å². The predicted molar refractivity (Wildman–Crippen MR) is 198 cm³/mol. The number of hydrogen-bond acceptors (Lipinski definition) is 10. The first-order valence-electron chi connectivity index (χ1n) is 17.4. The number of amides is 4. The van der Waals surface area contributed by atoms with Gasteiger partial charge in [-0.05, 0) is 55.9 Å². The molecule has 2 heterocycles. The van der Waals surface area contributed by atoms with E-state index in [0.29, 0.717) is 19.6 Å². The molecule has 14 nitrogen and oxygen atoms in total. The second kappa shape index (κ2) is 18.0. The molecular weight excluding hydrogens is 709 g/mol. The van der Waals surface area contributed by atoms with E-state index >= 15 is 0 Å². The highest BCUT2D eigenvalue weighted by Gasteiger charge is 2.40. The molecule has 0 bridgehead atoms. The fraction of sp³-hybridized carbons (Fsp3) is 0.500. The van der Waals surface area contributed by atoms with Gasteiger partial charge in [0.1, 0.15) is 11.8 Å². The molecule has 0 spiro atoms. The fourth-order valence-corrected chi connectivity index (χ4v) is 8.37. The Kier molecular flexibility index (Phi) is 14.0. The van der Waals surface area contributed by atoms with Crippen LogP contribution in [0.25, 0.3) is 0 Å². The summed E-state index contributed by atoms with van der Waals surface area (Å²) in [6, 6.07) is 10.7. The van der Waals surface area contributed by atoms with Crippen molar-refractivity contribution in [1.29, 1.82) is 0 Å². The molecule has 4 amide bonds. The summed E-state index contributed by atoms with van der Waals surface area (Å²) in [6.45, 7) is 11.7. The van der Waals surface area contributed by atoms with Crippen LogP contribution in [0.4, 0.5) is 15.3 Å². The number of sulfonamides is 1. The second-order valence-electron chi connectivity index (χ2n) is 13.6. The van der Waals surface area contributed by atoms with Crippen LogP contribution in [0.5, 0.6) is 5.75 Å². The Balaban J connectivity index is 1.59. The molecule has 1 aromatic heterocycles. The monoisotopic (exact) mass is 758 g/mol. The number of benzene rings is 2. The van der Waals surface area contributed by atoms with Crippen molar-refractivity contribution in [2.24, 2.45) is 11.8 Å². The molecular formula is C36H50N6O8S2. The van der Waals surface area contributed by atoms with Crippen LogP contribution in [0, 0.1) is 18.8 Å². The van der Waals surface area contributed by atoms with Gasteiger partial charge in [-0.3, -0.25) is 10.1 Å². The summed E-state index contributed by atoms with van der Waals surface area (Å²) in [4.78, 5) is 47.2. The highest BCUT2D eigenvalue weighted by Crippen LogP contribution is 2.29. The molecule has 1 aliphatic rings. The number of carbonyl (C=O) groups excluding carboxylic acids is 3. The number of aryl methyl sites for hydroxylation is 1. The van der Waals surface area contributed by atoms with Gasteiger partial charge in [-0.15, -0.1) is 11.3 Å². The SMILES string of the molecule is CCOC(=O)Nc1cc(S(=O)(=O)N(CC(C)C)C[C@@H](O)[C@H](Cc2ccccc2)NC(=O)[C@H](C(C)C)N2CCN(Cc3csc(C)n3)C2=O)ccc1O. The molecule has 0 saturated carbocycles. The molecule has 0 aliphatic carbocycles. The first-order valence-corrected chi connectivity index (χ1v) is 19.7. The van der Waals surface area contributed by atoms with Crippen LogP contribution in [-0.4, -0.2) is 107 Å². The third kappa shape index (κ3) is 10.4. The fourth-order valence-electron chi connectivity index (χ4n) is 6.12. The third-order valence-electron chi connectivity index (χ3n) is 8.55. The molecule has 4 N–H and O–H groups in total. The molecule has 1 saturated heterocycles. The van der Waals surface area contributed by atoms with Crippen LogP contribution in [0.15, 0.2) is 58.8 Å². The van der Waals surface area contributed by atoms with Crippen molar-refractivity contribution >= 4 is 45.1 Å². The summed E-state index contributed by atoms with van der Waals surface area (Å²) in [5.41, 5.74) is 1.44. The number of aromatic nitrogens is 1. The number of nitrogens with zero attached hydrogens (tertiary/aromatic N) is 4. The number of hydrogen-bond donors (Lipinski definition) is 4. The summed E-state index contributed by atoms with van der Waals surface area (Å²) >= 11 is 1.51. The lowest BCUT2D eigenvalue weighted by Gasteiger charge is -2.34. The van der Waals surface area contributed by atoms with E-state index in [9.17, 15) is 33.0 Å². The number of aliphatic hydroxyl groups excluding tert-OH is 1. The van der Waals surface area contributed by atoms with Crippen molar-refractivity contribution in [2.75, 3.05) is 38.1 Å². The Labute approximate surface area is 309 Å². The molecule has 16 heteroatoms. The van der Waals surface area contributed by atoms with E-state index < -0.39 is 40.2 Å². The number of thiazole rings is 1. The van der Waals surface area contributed by atoms with Gasteiger partial charge in [0.05, 0.1) is 46.6 Å². The van der Waals surface area contributed by atoms with Crippen LogP contribution in [-0.2, 0) is 32.5 Å². The van der Waals surface area contributed by atoms with Gasteiger partial charge in [-0.25, -0.2) is 23.0 Å². The maximum atomic E-state index is 14.1.